The second-order valence-corrected chi connectivity index (χ2v) is 8.81. The number of carbonyl (C=O) groups is 3. The van der Waals surface area contributed by atoms with Crippen molar-refractivity contribution in [2.45, 2.75) is 58.2 Å². The van der Waals surface area contributed by atoms with E-state index < -0.39 is 35.2 Å². The molecule has 186 valence electrons. The third-order valence-electron chi connectivity index (χ3n) is 4.26. The van der Waals surface area contributed by atoms with Crippen molar-refractivity contribution in [2.24, 2.45) is 0 Å². The minimum Gasteiger partial charge on any atom is -0.490 e. The van der Waals surface area contributed by atoms with Crippen molar-refractivity contribution in [3.63, 3.8) is 0 Å². The number of methoxy groups -OCH3 is 1. The van der Waals surface area contributed by atoms with Crippen LogP contribution in [0.4, 0.5) is 4.79 Å². The average Bonchev–Trinajstić information content (AvgIpc) is 2.74. The minimum atomic E-state index is -1.21. The lowest BCUT2D eigenvalue weighted by molar-refractivity contribution is -0.144. The zero-order chi connectivity index (χ0) is 25.8. The van der Waals surface area contributed by atoms with Gasteiger partial charge in [0.2, 0.25) is 0 Å². The van der Waals surface area contributed by atoms with E-state index >= 15 is 0 Å². The maximum atomic E-state index is 12.8. The van der Waals surface area contributed by atoms with Gasteiger partial charge in [0.05, 0.1) is 19.3 Å². The Bertz CT molecular complexity index is 919. The van der Waals surface area contributed by atoms with E-state index in [0.29, 0.717) is 17.7 Å². The summed E-state index contributed by atoms with van der Waals surface area (Å²) >= 11 is 0. The number of aliphatic hydroxyl groups excluding tert-OH is 1. The molecule has 9 heteroatoms. The maximum absolute atomic E-state index is 12.8. The summed E-state index contributed by atoms with van der Waals surface area (Å²) in [6.07, 6.45) is 3.05. The summed E-state index contributed by atoms with van der Waals surface area (Å²) in [4.78, 5) is 37.4. The van der Waals surface area contributed by atoms with Gasteiger partial charge in [0.25, 0.3) is 5.91 Å². The summed E-state index contributed by atoms with van der Waals surface area (Å²) in [6, 6.07) is 5.18. The predicted molar refractivity (Wildman–Crippen MR) is 127 cm³/mol. The highest BCUT2D eigenvalue weighted by molar-refractivity contribution is 5.97. The molecule has 2 amide bonds. The first-order chi connectivity index (χ1) is 15.9. The lowest BCUT2D eigenvalue weighted by atomic mass is 9.94. The van der Waals surface area contributed by atoms with Crippen LogP contribution in [0.2, 0.25) is 0 Å². The molecule has 0 aliphatic carbocycles. The molecule has 0 radical (unpaired) electrons. The van der Waals surface area contributed by atoms with Crippen molar-refractivity contribution < 1.29 is 33.7 Å². The number of benzene rings is 1. The van der Waals surface area contributed by atoms with Gasteiger partial charge in [-0.3, -0.25) is 4.79 Å². The van der Waals surface area contributed by atoms with Crippen molar-refractivity contribution in [3.05, 3.63) is 42.0 Å². The first-order valence-corrected chi connectivity index (χ1v) is 10.8. The fraction of sp³-hybridized carbons (Fsp3) is 0.480. The van der Waals surface area contributed by atoms with Crippen molar-refractivity contribution in [2.75, 3.05) is 20.3 Å². The average molecular weight is 475 g/mol. The Morgan fingerprint density at radius 2 is 1.76 bits per heavy atom. The Balaban J connectivity index is 2.81. The van der Waals surface area contributed by atoms with Crippen LogP contribution in [0.1, 0.15) is 51.4 Å². The monoisotopic (exact) mass is 474 g/mol. The van der Waals surface area contributed by atoms with Gasteiger partial charge in [0.15, 0.2) is 0 Å². The number of hydrogen-bond acceptors (Lipinski definition) is 7. The largest absolute Gasteiger partial charge is 0.490 e. The fourth-order valence-corrected chi connectivity index (χ4v) is 2.65. The highest BCUT2D eigenvalue weighted by Gasteiger charge is 2.39. The fourth-order valence-electron chi connectivity index (χ4n) is 2.65. The van der Waals surface area contributed by atoms with Crippen molar-refractivity contribution in [3.8, 4) is 17.6 Å². The molecule has 0 spiro atoms. The molecule has 0 unspecified atom stereocenters. The van der Waals surface area contributed by atoms with Crippen LogP contribution in [0, 0.1) is 11.8 Å². The van der Waals surface area contributed by atoms with E-state index in [1.165, 1.54) is 7.11 Å². The summed E-state index contributed by atoms with van der Waals surface area (Å²) in [5.41, 5.74) is -1.64. The Morgan fingerprint density at radius 1 is 1.12 bits per heavy atom. The van der Waals surface area contributed by atoms with Crippen LogP contribution in [0.3, 0.4) is 0 Å². The maximum Gasteiger partial charge on any atom is 0.408 e. The topological polar surface area (TPSA) is 123 Å². The highest BCUT2D eigenvalue weighted by atomic mass is 16.6. The molecule has 0 aliphatic heterocycles. The molecule has 3 N–H and O–H groups in total. The number of nitrogens with one attached hydrogen (secondary N) is 2. The van der Waals surface area contributed by atoms with Crippen LogP contribution in [-0.2, 0) is 14.3 Å². The van der Waals surface area contributed by atoms with E-state index in [4.69, 9.17) is 19.3 Å². The SMILES string of the molecule is COC(=O)[C@@H](NC(=O)c1ccc(OC/C=C/C#CCCO)cc1)C(C)(C)NC(=O)OC(C)(C)C. The Hall–Kier alpha value is -3.51. The molecular weight excluding hydrogens is 440 g/mol. The van der Waals surface area contributed by atoms with Gasteiger partial charge >= 0.3 is 12.1 Å². The molecule has 0 saturated carbocycles. The second-order valence-electron chi connectivity index (χ2n) is 8.81. The Labute approximate surface area is 200 Å². The zero-order valence-corrected chi connectivity index (χ0v) is 20.6. The summed E-state index contributed by atoms with van der Waals surface area (Å²) in [7, 11) is 1.20. The molecule has 0 bridgehead atoms. The van der Waals surface area contributed by atoms with E-state index in [9.17, 15) is 14.4 Å². The number of carbonyl (C=O) groups excluding carboxylic acids is 3. The van der Waals surface area contributed by atoms with Gasteiger partial charge in [0.1, 0.15) is 24.0 Å². The molecule has 1 atom stereocenters. The van der Waals surface area contributed by atoms with Gasteiger partial charge in [0, 0.05) is 12.0 Å². The molecular formula is C25H34N2O7. The van der Waals surface area contributed by atoms with Gasteiger partial charge in [-0.15, -0.1) is 0 Å². The zero-order valence-electron chi connectivity index (χ0n) is 20.6. The van der Waals surface area contributed by atoms with E-state index in [2.05, 4.69) is 22.5 Å². The number of alkyl carbamates (subject to hydrolysis) is 1. The van der Waals surface area contributed by atoms with Crippen LogP contribution in [-0.4, -0.2) is 60.6 Å². The summed E-state index contributed by atoms with van der Waals surface area (Å²) < 4.78 is 15.6. The molecule has 1 rings (SSSR count). The van der Waals surface area contributed by atoms with E-state index in [1.54, 1.807) is 71.0 Å². The summed E-state index contributed by atoms with van der Waals surface area (Å²) in [5.74, 6) is 4.83. The summed E-state index contributed by atoms with van der Waals surface area (Å²) in [5, 5.41) is 13.9. The standard InChI is InChI=1S/C25H34N2O7/c1-24(2,3)34-23(31)27-25(4,5)20(22(30)32-6)26-21(29)18-12-14-19(15-13-18)33-17-11-9-7-8-10-16-28/h9,11-15,20,28H,10,16-17H2,1-6H3,(H,26,29)(H,27,31)/b11-9+/t20-/m1/s1. The quantitative estimate of drug-likeness (QED) is 0.371. The first kappa shape index (κ1) is 28.5. The molecule has 0 aromatic heterocycles. The molecule has 0 heterocycles. The van der Waals surface area contributed by atoms with E-state index in [1.807, 2.05) is 0 Å². The Kier molecular flexibility index (Phi) is 11.1. The van der Waals surface area contributed by atoms with Gasteiger partial charge in [-0.2, -0.15) is 0 Å². The number of aliphatic hydroxyl groups is 1. The summed E-state index contributed by atoms with van der Waals surface area (Å²) in [6.45, 7) is 8.63. The predicted octanol–water partition coefficient (Wildman–Crippen LogP) is 2.58. The van der Waals surface area contributed by atoms with Gasteiger partial charge in [-0.1, -0.05) is 11.8 Å². The highest BCUT2D eigenvalue weighted by Crippen LogP contribution is 2.16. The third-order valence-corrected chi connectivity index (χ3v) is 4.26. The lowest BCUT2D eigenvalue weighted by Crippen LogP contribution is -2.62. The van der Waals surface area contributed by atoms with Crippen molar-refractivity contribution in [1.29, 1.82) is 0 Å². The molecule has 1 aromatic carbocycles. The molecule has 0 saturated heterocycles. The smallest absolute Gasteiger partial charge is 0.408 e. The van der Waals surface area contributed by atoms with E-state index in [0.717, 1.165) is 0 Å². The van der Waals surface area contributed by atoms with Crippen molar-refractivity contribution >= 4 is 18.0 Å². The molecule has 0 aliphatic rings. The number of allylic oxidation sites excluding steroid dienone is 1. The number of ether oxygens (including phenoxy) is 3. The van der Waals surface area contributed by atoms with Crippen LogP contribution in [0.5, 0.6) is 5.75 Å². The number of rotatable bonds is 9. The van der Waals surface area contributed by atoms with Crippen LogP contribution in [0.25, 0.3) is 0 Å². The van der Waals surface area contributed by atoms with Crippen LogP contribution in [0.15, 0.2) is 36.4 Å². The molecule has 1 aromatic rings. The van der Waals surface area contributed by atoms with Gasteiger partial charge in [-0.05, 0) is 71.0 Å². The second kappa shape index (κ2) is 13.3. The Morgan fingerprint density at radius 3 is 2.32 bits per heavy atom. The number of hydrogen-bond donors (Lipinski definition) is 3. The van der Waals surface area contributed by atoms with Gasteiger partial charge < -0.3 is 30.0 Å². The van der Waals surface area contributed by atoms with Crippen LogP contribution >= 0.6 is 0 Å². The lowest BCUT2D eigenvalue weighted by Gasteiger charge is -2.34. The normalized spacial score (nSPS) is 12.2. The minimum absolute atomic E-state index is 0.0232. The van der Waals surface area contributed by atoms with Crippen LogP contribution < -0.4 is 15.4 Å². The molecule has 9 nitrogen and oxygen atoms in total. The molecule has 34 heavy (non-hydrogen) atoms. The van der Waals surface area contributed by atoms with Crippen molar-refractivity contribution in [1.82, 2.24) is 10.6 Å². The molecule has 0 fully saturated rings. The first-order valence-electron chi connectivity index (χ1n) is 10.8. The third kappa shape index (κ3) is 10.4. The van der Waals surface area contributed by atoms with E-state index in [-0.39, 0.29) is 13.2 Å². The van der Waals surface area contributed by atoms with Gasteiger partial charge in [-0.25, -0.2) is 9.59 Å². The number of amides is 2. The number of esters is 1.